The molecule has 0 spiro atoms. The lowest BCUT2D eigenvalue weighted by Gasteiger charge is -2.22. The molecule has 0 aromatic heterocycles. The van der Waals surface area contributed by atoms with E-state index in [1.165, 1.54) is 0 Å². The molecule has 16 heavy (non-hydrogen) atoms. The van der Waals surface area contributed by atoms with Crippen LogP contribution in [0.1, 0.15) is 26.7 Å². The summed E-state index contributed by atoms with van der Waals surface area (Å²) in [5, 5.41) is 0. The Morgan fingerprint density at radius 2 is 2.31 bits per heavy atom. The Hall–Kier alpha value is -0.650. The molecule has 0 aromatic carbocycles. The average molecular weight is 232 g/mol. The molecule has 0 bridgehead atoms. The van der Waals surface area contributed by atoms with E-state index >= 15 is 0 Å². The van der Waals surface area contributed by atoms with Crippen molar-refractivity contribution < 1.29 is 23.7 Å². The molecule has 0 aliphatic carbocycles. The average Bonchev–Trinajstić information content (AvgIpc) is 2.60. The van der Waals surface area contributed by atoms with Gasteiger partial charge in [-0.25, -0.2) is 0 Å². The molecule has 1 aliphatic rings. The maximum absolute atomic E-state index is 11.2. The normalized spacial score (nSPS) is 29.3. The van der Waals surface area contributed by atoms with E-state index in [1.807, 2.05) is 6.92 Å². The van der Waals surface area contributed by atoms with E-state index in [9.17, 15) is 4.79 Å². The molecule has 5 heteroatoms. The number of hydrogen-bond acceptors (Lipinski definition) is 5. The monoisotopic (exact) mass is 232 g/mol. The van der Waals surface area contributed by atoms with E-state index < -0.39 is 5.79 Å². The van der Waals surface area contributed by atoms with E-state index in [4.69, 9.17) is 18.9 Å². The van der Waals surface area contributed by atoms with Crippen molar-refractivity contribution in [2.24, 2.45) is 0 Å². The molecule has 0 unspecified atom stereocenters. The van der Waals surface area contributed by atoms with Gasteiger partial charge in [0.15, 0.2) is 5.79 Å². The summed E-state index contributed by atoms with van der Waals surface area (Å²) in [5.74, 6) is -0.901. The summed E-state index contributed by atoms with van der Waals surface area (Å²) in [4.78, 5) is 11.2. The quantitative estimate of drug-likeness (QED) is 0.642. The number of hydrogen-bond donors (Lipinski definition) is 0. The van der Waals surface area contributed by atoms with Crippen molar-refractivity contribution in [3.05, 3.63) is 0 Å². The van der Waals surface area contributed by atoms with Gasteiger partial charge in [-0.2, -0.15) is 0 Å². The SMILES string of the molecule is CCOC(=O)CC[C@@]1(C)OC[C@H](COC)O1. The standard InChI is InChI=1S/C11H20O5/c1-4-14-10(12)5-6-11(2)15-8-9(16-11)7-13-3/h9H,4-8H2,1-3H3/t9-,11-/m0/s1. The highest BCUT2D eigenvalue weighted by Gasteiger charge is 2.37. The zero-order valence-electron chi connectivity index (χ0n) is 10.2. The Labute approximate surface area is 96.0 Å². The van der Waals surface area contributed by atoms with Crippen LogP contribution >= 0.6 is 0 Å². The summed E-state index contributed by atoms with van der Waals surface area (Å²) in [7, 11) is 1.62. The highest BCUT2D eigenvalue weighted by molar-refractivity contribution is 5.69. The van der Waals surface area contributed by atoms with Crippen LogP contribution < -0.4 is 0 Å². The van der Waals surface area contributed by atoms with E-state index in [0.29, 0.717) is 32.7 Å². The van der Waals surface area contributed by atoms with Gasteiger partial charge >= 0.3 is 5.97 Å². The fraction of sp³-hybridized carbons (Fsp3) is 0.909. The fourth-order valence-electron chi connectivity index (χ4n) is 1.65. The van der Waals surface area contributed by atoms with Crippen molar-refractivity contribution in [3.63, 3.8) is 0 Å². The van der Waals surface area contributed by atoms with Crippen molar-refractivity contribution >= 4 is 5.97 Å². The predicted octanol–water partition coefficient (Wildman–Crippen LogP) is 1.11. The van der Waals surface area contributed by atoms with E-state index in [1.54, 1.807) is 14.0 Å². The Balaban J connectivity index is 2.28. The highest BCUT2D eigenvalue weighted by atomic mass is 16.7. The van der Waals surface area contributed by atoms with Gasteiger partial charge < -0.3 is 18.9 Å². The second-order valence-electron chi connectivity index (χ2n) is 3.95. The molecule has 5 nitrogen and oxygen atoms in total. The molecule has 0 N–H and O–H groups in total. The first kappa shape index (κ1) is 13.4. The number of carbonyl (C=O) groups excluding carboxylic acids is 1. The van der Waals surface area contributed by atoms with Crippen LogP contribution in [0.4, 0.5) is 0 Å². The molecule has 1 saturated heterocycles. The third-order valence-electron chi connectivity index (χ3n) is 2.43. The topological polar surface area (TPSA) is 54.0 Å². The molecule has 0 amide bonds. The Kier molecular flexibility index (Phi) is 5.18. The van der Waals surface area contributed by atoms with E-state index in [2.05, 4.69) is 0 Å². The summed E-state index contributed by atoms with van der Waals surface area (Å²) >= 11 is 0. The third kappa shape index (κ3) is 4.08. The second-order valence-corrected chi connectivity index (χ2v) is 3.95. The summed E-state index contributed by atoms with van der Waals surface area (Å²) in [6.07, 6.45) is 0.771. The maximum Gasteiger partial charge on any atom is 0.305 e. The first-order valence-corrected chi connectivity index (χ1v) is 5.56. The summed E-state index contributed by atoms with van der Waals surface area (Å²) in [6, 6.07) is 0. The number of esters is 1. The molecular formula is C11H20O5. The van der Waals surface area contributed by atoms with Gasteiger partial charge in [-0.3, -0.25) is 4.79 Å². The van der Waals surface area contributed by atoms with Crippen LogP contribution in [0.15, 0.2) is 0 Å². The Bertz CT molecular complexity index is 230. The van der Waals surface area contributed by atoms with Gasteiger partial charge in [0.2, 0.25) is 0 Å². The van der Waals surface area contributed by atoms with Crippen LogP contribution in [0.25, 0.3) is 0 Å². The van der Waals surface area contributed by atoms with Crippen LogP contribution in [-0.2, 0) is 23.7 Å². The Morgan fingerprint density at radius 1 is 1.56 bits per heavy atom. The fourth-order valence-corrected chi connectivity index (χ4v) is 1.65. The minimum Gasteiger partial charge on any atom is -0.466 e. The molecule has 1 fully saturated rings. The second kappa shape index (κ2) is 6.18. The first-order valence-electron chi connectivity index (χ1n) is 5.56. The molecule has 0 saturated carbocycles. The van der Waals surface area contributed by atoms with Gasteiger partial charge in [-0.05, 0) is 13.8 Å². The lowest BCUT2D eigenvalue weighted by molar-refractivity contribution is -0.170. The Morgan fingerprint density at radius 3 is 2.94 bits per heavy atom. The molecule has 1 heterocycles. The smallest absolute Gasteiger partial charge is 0.305 e. The number of ether oxygens (including phenoxy) is 4. The van der Waals surface area contributed by atoms with Crippen LogP contribution in [0.3, 0.4) is 0 Å². The molecule has 0 radical (unpaired) electrons. The van der Waals surface area contributed by atoms with Crippen molar-refractivity contribution in [2.75, 3.05) is 26.9 Å². The zero-order valence-corrected chi connectivity index (χ0v) is 10.2. The molecular weight excluding hydrogens is 212 g/mol. The number of methoxy groups -OCH3 is 1. The minimum absolute atomic E-state index is 0.0443. The van der Waals surface area contributed by atoms with Gasteiger partial charge in [0.25, 0.3) is 0 Å². The molecule has 0 aromatic rings. The maximum atomic E-state index is 11.2. The zero-order chi connectivity index (χ0) is 12.0. The van der Waals surface area contributed by atoms with Crippen LogP contribution in [-0.4, -0.2) is 44.8 Å². The van der Waals surface area contributed by atoms with Crippen LogP contribution in [0, 0.1) is 0 Å². The van der Waals surface area contributed by atoms with Gasteiger partial charge in [0, 0.05) is 13.5 Å². The molecule has 94 valence electrons. The van der Waals surface area contributed by atoms with Crippen molar-refractivity contribution in [2.45, 2.75) is 38.6 Å². The van der Waals surface area contributed by atoms with Crippen molar-refractivity contribution in [1.29, 1.82) is 0 Å². The predicted molar refractivity (Wildman–Crippen MR) is 57.0 cm³/mol. The lowest BCUT2D eigenvalue weighted by atomic mass is 10.2. The summed E-state index contributed by atoms with van der Waals surface area (Å²) in [6.45, 7) is 5.05. The van der Waals surface area contributed by atoms with Gasteiger partial charge in [-0.15, -0.1) is 0 Å². The first-order chi connectivity index (χ1) is 7.59. The largest absolute Gasteiger partial charge is 0.466 e. The van der Waals surface area contributed by atoms with Crippen molar-refractivity contribution in [3.8, 4) is 0 Å². The number of carbonyl (C=O) groups is 1. The lowest BCUT2D eigenvalue weighted by Crippen LogP contribution is -2.29. The van der Waals surface area contributed by atoms with E-state index in [0.717, 1.165) is 0 Å². The van der Waals surface area contributed by atoms with Gasteiger partial charge in [0.1, 0.15) is 6.10 Å². The summed E-state index contributed by atoms with van der Waals surface area (Å²) < 4.78 is 21.0. The third-order valence-corrected chi connectivity index (χ3v) is 2.43. The molecule has 1 aliphatic heterocycles. The van der Waals surface area contributed by atoms with Gasteiger partial charge in [0.05, 0.1) is 26.2 Å². The molecule has 2 atom stereocenters. The van der Waals surface area contributed by atoms with Crippen LogP contribution in [0.5, 0.6) is 0 Å². The van der Waals surface area contributed by atoms with Crippen molar-refractivity contribution in [1.82, 2.24) is 0 Å². The van der Waals surface area contributed by atoms with Crippen LogP contribution in [0.2, 0.25) is 0 Å². The highest BCUT2D eigenvalue weighted by Crippen LogP contribution is 2.28. The minimum atomic E-state index is -0.685. The van der Waals surface area contributed by atoms with Gasteiger partial charge in [-0.1, -0.05) is 0 Å². The van der Waals surface area contributed by atoms with E-state index in [-0.39, 0.29) is 12.1 Å². The summed E-state index contributed by atoms with van der Waals surface area (Å²) in [5.41, 5.74) is 0. The molecule has 1 rings (SSSR count). The number of rotatable bonds is 6.